The van der Waals surface area contributed by atoms with Gasteiger partial charge in [0.2, 0.25) is 12.7 Å². The summed E-state index contributed by atoms with van der Waals surface area (Å²) >= 11 is 0. The topological polar surface area (TPSA) is 49.9 Å². The lowest BCUT2D eigenvalue weighted by atomic mass is 9.89. The number of rotatable bonds is 3. The molecule has 0 atom stereocenters. The molecule has 27 heavy (non-hydrogen) atoms. The van der Waals surface area contributed by atoms with E-state index in [0.717, 1.165) is 22.6 Å². The van der Waals surface area contributed by atoms with E-state index in [1.54, 1.807) is 0 Å². The summed E-state index contributed by atoms with van der Waals surface area (Å²) < 4.78 is 4.29. The fourth-order valence-electron chi connectivity index (χ4n) is 3.73. The molecule has 5 nitrogen and oxygen atoms in total. The fourth-order valence-corrected chi connectivity index (χ4v) is 3.73. The van der Waals surface area contributed by atoms with Crippen molar-refractivity contribution in [2.24, 2.45) is 0 Å². The van der Waals surface area contributed by atoms with Gasteiger partial charge in [0, 0.05) is 23.7 Å². The van der Waals surface area contributed by atoms with Crippen LogP contribution in [-0.4, -0.2) is 19.5 Å². The largest absolute Gasteiger partial charge is 0.306 e. The maximum Gasteiger partial charge on any atom is 0.214 e. The van der Waals surface area contributed by atoms with Crippen molar-refractivity contribution in [2.45, 2.75) is 59.4 Å². The van der Waals surface area contributed by atoms with Crippen molar-refractivity contribution in [1.29, 1.82) is 0 Å². The minimum absolute atomic E-state index is 0.0684. The lowest BCUT2D eigenvalue weighted by Crippen LogP contribution is -2.36. The van der Waals surface area contributed by atoms with Crippen molar-refractivity contribution in [2.75, 3.05) is 0 Å². The van der Waals surface area contributed by atoms with Gasteiger partial charge >= 0.3 is 0 Å². The van der Waals surface area contributed by atoms with Gasteiger partial charge in [-0.25, -0.2) is 4.98 Å². The third-order valence-corrected chi connectivity index (χ3v) is 5.11. The smallest absolute Gasteiger partial charge is 0.214 e. The van der Waals surface area contributed by atoms with Gasteiger partial charge < -0.3 is 4.40 Å². The Kier molecular flexibility index (Phi) is 4.06. The fraction of sp³-hybridized carbons (Fsp3) is 0.409. The molecule has 0 aliphatic carbocycles. The zero-order valence-corrected chi connectivity index (χ0v) is 17.0. The van der Waals surface area contributed by atoms with Crippen LogP contribution >= 0.6 is 0 Å². The van der Waals surface area contributed by atoms with Crippen molar-refractivity contribution in [3.8, 4) is 0 Å². The van der Waals surface area contributed by atoms with Crippen molar-refractivity contribution in [1.82, 2.24) is 19.5 Å². The first-order valence-electron chi connectivity index (χ1n) is 9.59. The molecule has 0 radical (unpaired) electrons. The second-order valence-electron chi connectivity index (χ2n) is 8.75. The van der Waals surface area contributed by atoms with Gasteiger partial charge in [-0.3, -0.25) is 4.98 Å². The Morgan fingerprint density at radius 1 is 1.22 bits per heavy atom. The van der Waals surface area contributed by atoms with Crippen LogP contribution in [0.3, 0.4) is 0 Å². The Labute approximate surface area is 160 Å². The van der Waals surface area contributed by atoms with Crippen LogP contribution in [0.4, 0.5) is 0 Å². The number of aromatic amines is 1. The third kappa shape index (κ3) is 3.11. The van der Waals surface area contributed by atoms with E-state index in [2.05, 4.69) is 91.3 Å². The van der Waals surface area contributed by atoms with E-state index in [9.17, 15) is 0 Å². The van der Waals surface area contributed by atoms with Gasteiger partial charge in [-0.2, -0.15) is 5.10 Å². The van der Waals surface area contributed by atoms with Crippen LogP contribution < -0.4 is 4.68 Å². The maximum absolute atomic E-state index is 4.99. The molecular weight excluding hydrogens is 334 g/mol. The van der Waals surface area contributed by atoms with Crippen LogP contribution in [0, 0.1) is 6.92 Å². The van der Waals surface area contributed by atoms with Crippen LogP contribution in [0.25, 0.3) is 16.6 Å². The quantitative estimate of drug-likeness (QED) is 0.553. The molecule has 0 aliphatic rings. The van der Waals surface area contributed by atoms with E-state index in [-0.39, 0.29) is 5.41 Å². The molecule has 0 saturated heterocycles. The second kappa shape index (κ2) is 6.19. The Morgan fingerprint density at radius 3 is 2.70 bits per heavy atom. The van der Waals surface area contributed by atoms with Crippen molar-refractivity contribution < 1.29 is 4.68 Å². The summed E-state index contributed by atoms with van der Waals surface area (Å²) in [5.74, 6) is 0.382. The zero-order chi connectivity index (χ0) is 19.3. The summed E-state index contributed by atoms with van der Waals surface area (Å²) in [6.45, 7) is 13.9. The molecule has 0 bridgehead atoms. The maximum atomic E-state index is 4.99. The van der Waals surface area contributed by atoms with Gasteiger partial charge in [0.25, 0.3) is 0 Å². The molecule has 0 saturated carbocycles. The van der Waals surface area contributed by atoms with Gasteiger partial charge in [-0.15, -0.1) is 4.68 Å². The average molecular weight is 363 g/mol. The standard InChI is InChI=1S/C22H27N5/c1-14(2)19-20-16(7-9-23-19)12-26(25-20)13-17-11-15(3)27-10-8-18(21(27)24-17)22(4,5)6/h7-12,14H,13H2,1-6H3/p+1. The molecule has 0 spiro atoms. The van der Waals surface area contributed by atoms with Gasteiger partial charge in [0.15, 0.2) is 0 Å². The molecule has 0 aliphatic heterocycles. The van der Waals surface area contributed by atoms with Crippen LogP contribution in [0.5, 0.6) is 0 Å². The van der Waals surface area contributed by atoms with Crippen molar-refractivity contribution in [3.05, 3.63) is 59.4 Å². The predicted molar refractivity (Wildman–Crippen MR) is 108 cm³/mol. The number of aromatic nitrogens is 5. The van der Waals surface area contributed by atoms with E-state index in [0.29, 0.717) is 12.5 Å². The number of aryl methyl sites for hydroxylation is 1. The van der Waals surface area contributed by atoms with E-state index in [1.165, 1.54) is 16.6 Å². The van der Waals surface area contributed by atoms with Crippen LogP contribution in [-0.2, 0) is 12.0 Å². The summed E-state index contributed by atoms with van der Waals surface area (Å²) in [7, 11) is 0. The van der Waals surface area contributed by atoms with Crippen molar-refractivity contribution in [3.63, 3.8) is 0 Å². The highest BCUT2D eigenvalue weighted by molar-refractivity contribution is 5.79. The van der Waals surface area contributed by atoms with Gasteiger partial charge in [-0.1, -0.05) is 34.6 Å². The molecule has 4 heterocycles. The SMILES string of the molecule is Cc1cc(C[n+]2cc3ccnc(C(C)C)c3[nH]2)nc2c(C(C)(C)C)ccn12. The number of pyridine rings is 1. The summed E-state index contributed by atoms with van der Waals surface area (Å²) in [6, 6.07) is 6.41. The number of nitrogens with one attached hydrogen (secondary N) is 1. The van der Waals surface area contributed by atoms with Crippen LogP contribution in [0.1, 0.15) is 63.2 Å². The number of fused-ring (bicyclic) bond motifs is 2. The van der Waals surface area contributed by atoms with Gasteiger partial charge in [0.1, 0.15) is 16.9 Å². The summed E-state index contributed by atoms with van der Waals surface area (Å²) in [4.78, 5) is 9.54. The average Bonchev–Trinajstić information content (AvgIpc) is 3.17. The highest BCUT2D eigenvalue weighted by atomic mass is 15.3. The first-order valence-corrected chi connectivity index (χ1v) is 9.59. The molecule has 4 aromatic rings. The molecule has 140 valence electrons. The van der Waals surface area contributed by atoms with E-state index in [1.807, 2.05) is 6.20 Å². The summed E-state index contributed by atoms with van der Waals surface area (Å²) in [6.07, 6.45) is 6.16. The molecule has 0 fully saturated rings. The van der Waals surface area contributed by atoms with Crippen LogP contribution in [0.15, 0.2) is 36.8 Å². The number of hydrogen-bond acceptors (Lipinski definition) is 2. The first kappa shape index (κ1) is 17.7. The second-order valence-corrected chi connectivity index (χ2v) is 8.75. The molecule has 4 aromatic heterocycles. The van der Waals surface area contributed by atoms with E-state index < -0.39 is 0 Å². The lowest BCUT2D eigenvalue weighted by molar-refractivity contribution is -0.740. The molecule has 0 amide bonds. The lowest BCUT2D eigenvalue weighted by Gasteiger charge is -2.17. The molecule has 4 rings (SSSR count). The minimum Gasteiger partial charge on any atom is -0.306 e. The van der Waals surface area contributed by atoms with Crippen molar-refractivity contribution >= 4 is 16.6 Å². The Hall–Kier alpha value is -2.69. The monoisotopic (exact) mass is 362 g/mol. The molecular formula is C22H28N5+. The molecule has 0 unspecified atom stereocenters. The summed E-state index contributed by atoms with van der Waals surface area (Å²) in [5.41, 5.74) is 6.88. The zero-order valence-electron chi connectivity index (χ0n) is 17.0. The van der Waals surface area contributed by atoms with E-state index >= 15 is 0 Å². The van der Waals surface area contributed by atoms with E-state index in [4.69, 9.17) is 4.98 Å². The summed E-state index contributed by atoms with van der Waals surface area (Å²) in [5, 5.41) is 4.69. The van der Waals surface area contributed by atoms with Crippen LogP contribution in [0.2, 0.25) is 0 Å². The molecule has 5 heteroatoms. The van der Waals surface area contributed by atoms with Gasteiger partial charge in [0.05, 0.1) is 11.1 Å². The highest BCUT2D eigenvalue weighted by Gasteiger charge is 2.21. The number of nitrogens with zero attached hydrogens (tertiary/aromatic N) is 4. The molecule has 1 N–H and O–H groups in total. The predicted octanol–water partition coefficient (Wildman–Crippen LogP) is 4.28. The number of H-pyrrole nitrogens is 1. The highest BCUT2D eigenvalue weighted by Crippen LogP contribution is 2.27. The third-order valence-electron chi connectivity index (χ3n) is 5.11. The Morgan fingerprint density at radius 2 is 2.00 bits per heavy atom. The Balaban J connectivity index is 1.77. The Bertz CT molecular complexity index is 1120. The first-order chi connectivity index (χ1) is 12.7. The molecule has 0 aromatic carbocycles. The normalized spacial score (nSPS) is 12.6. The number of hydrogen-bond donors (Lipinski definition) is 1. The van der Waals surface area contributed by atoms with Gasteiger partial charge in [-0.05, 0) is 36.5 Å². The minimum atomic E-state index is 0.0684.